The van der Waals surface area contributed by atoms with E-state index in [0.29, 0.717) is 0 Å². The van der Waals surface area contributed by atoms with Gasteiger partial charge in [0.25, 0.3) is 0 Å². The predicted molar refractivity (Wildman–Crippen MR) is 207 cm³/mol. The monoisotopic (exact) mass is 623 g/mol. The first-order valence-electron chi connectivity index (χ1n) is 16.9. The van der Waals surface area contributed by atoms with Gasteiger partial charge in [-0.3, -0.25) is 0 Å². The molecule has 0 amide bonds. The molecule has 0 saturated carbocycles. The van der Waals surface area contributed by atoms with E-state index in [-0.39, 0.29) is 0 Å². The first-order valence-corrected chi connectivity index (χ1v) is 16.9. The SMILES string of the molecule is c1ccc(-n2c3ccc(-c4ccc5c(c4)c4ccccc4n5-c4ccc5ccccc5c4)cc3c3cc4c(cc32)[nH]c2ccccc24)cc1. The third-order valence-corrected chi connectivity index (χ3v) is 10.4. The number of H-pyrrole nitrogens is 1. The van der Waals surface area contributed by atoms with Crippen molar-refractivity contribution in [2.24, 2.45) is 0 Å². The predicted octanol–water partition coefficient (Wildman–Crippen LogP) is 12.3. The summed E-state index contributed by atoms with van der Waals surface area (Å²) in [6, 6.07) is 62.1. The Balaban J connectivity index is 1.15. The van der Waals surface area contributed by atoms with Crippen molar-refractivity contribution >= 4 is 76.2 Å². The maximum atomic E-state index is 3.67. The quantitative estimate of drug-likeness (QED) is 0.203. The molecular formula is C46H29N3. The third-order valence-electron chi connectivity index (χ3n) is 10.4. The molecular weight excluding hydrogens is 595 g/mol. The molecule has 0 aliphatic rings. The Morgan fingerprint density at radius 1 is 0.306 bits per heavy atom. The number of aromatic nitrogens is 3. The molecule has 228 valence electrons. The summed E-state index contributed by atoms with van der Waals surface area (Å²) in [5.41, 5.74) is 11.9. The number of para-hydroxylation sites is 3. The van der Waals surface area contributed by atoms with Crippen molar-refractivity contribution in [1.82, 2.24) is 14.1 Å². The van der Waals surface area contributed by atoms with Gasteiger partial charge in [0.2, 0.25) is 0 Å². The van der Waals surface area contributed by atoms with Gasteiger partial charge in [-0.25, -0.2) is 0 Å². The topological polar surface area (TPSA) is 25.6 Å². The Morgan fingerprint density at radius 3 is 1.73 bits per heavy atom. The van der Waals surface area contributed by atoms with Gasteiger partial charge in [0, 0.05) is 54.7 Å². The lowest BCUT2D eigenvalue weighted by Gasteiger charge is -2.10. The van der Waals surface area contributed by atoms with Crippen LogP contribution in [0.1, 0.15) is 0 Å². The summed E-state index contributed by atoms with van der Waals surface area (Å²) in [6.45, 7) is 0. The smallest absolute Gasteiger partial charge is 0.0562 e. The average Bonchev–Trinajstić information content (AvgIpc) is 3.80. The second-order valence-corrected chi connectivity index (χ2v) is 13.1. The minimum atomic E-state index is 1.15. The molecule has 0 atom stereocenters. The van der Waals surface area contributed by atoms with Crippen LogP contribution in [0.15, 0.2) is 170 Å². The molecule has 0 bridgehead atoms. The number of nitrogens with one attached hydrogen (secondary N) is 1. The molecule has 0 saturated heterocycles. The second-order valence-electron chi connectivity index (χ2n) is 13.1. The summed E-state index contributed by atoms with van der Waals surface area (Å²) in [6.07, 6.45) is 0. The molecule has 1 N–H and O–H groups in total. The van der Waals surface area contributed by atoms with Crippen LogP contribution >= 0.6 is 0 Å². The van der Waals surface area contributed by atoms with Gasteiger partial charge in [0.1, 0.15) is 0 Å². The highest BCUT2D eigenvalue weighted by Gasteiger charge is 2.18. The fourth-order valence-electron chi connectivity index (χ4n) is 8.15. The number of benzene rings is 8. The average molecular weight is 624 g/mol. The zero-order chi connectivity index (χ0) is 32.1. The molecule has 49 heavy (non-hydrogen) atoms. The minimum absolute atomic E-state index is 1.15. The summed E-state index contributed by atoms with van der Waals surface area (Å²) < 4.78 is 4.81. The van der Waals surface area contributed by atoms with Crippen LogP contribution in [0.2, 0.25) is 0 Å². The first-order chi connectivity index (χ1) is 24.3. The zero-order valence-corrected chi connectivity index (χ0v) is 26.6. The number of aromatic amines is 1. The highest BCUT2D eigenvalue weighted by atomic mass is 15.0. The Bertz CT molecular complexity index is 3100. The van der Waals surface area contributed by atoms with Gasteiger partial charge < -0.3 is 14.1 Å². The number of nitrogens with zero attached hydrogens (tertiary/aromatic N) is 2. The number of fused-ring (bicyclic) bond motifs is 10. The van der Waals surface area contributed by atoms with Crippen LogP contribution < -0.4 is 0 Å². The van der Waals surface area contributed by atoms with E-state index in [1.807, 2.05) is 0 Å². The lowest BCUT2D eigenvalue weighted by molar-refractivity contribution is 1.18. The van der Waals surface area contributed by atoms with Crippen molar-refractivity contribution in [3.8, 4) is 22.5 Å². The molecule has 0 radical (unpaired) electrons. The molecule has 0 aliphatic heterocycles. The molecule has 3 heteroatoms. The largest absolute Gasteiger partial charge is 0.354 e. The highest BCUT2D eigenvalue weighted by Crippen LogP contribution is 2.40. The van der Waals surface area contributed by atoms with Crippen LogP contribution in [-0.2, 0) is 0 Å². The molecule has 11 rings (SSSR count). The number of hydrogen-bond acceptors (Lipinski definition) is 0. The zero-order valence-electron chi connectivity index (χ0n) is 26.6. The van der Waals surface area contributed by atoms with Gasteiger partial charge in [-0.15, -0.1) is 0 Å². The van der Waals surface area contributed by atoms with Crippen molar-refractivity contribution in [1.29, 1.82) is 0 Å². The molecule has 0 fully saturated rings. The van der Waals surface area contributed by atoms with Crippen LogP contribution in [0.3, 0.4) is 0 Å². The van der Waals surface area contributed by atoms with Gasteiger partial charge >= 0.3 is 0 Å². The molecule has 0 aliphatic carbocycles. The fourth-order valence-corrected chi connectivity index (χ4v) is 8.15. The van der Waals surface area contributed by atoms with Crippen molar-refractivity contribution < 1.29 is 0 Å². The minimum Gasteiger partial charge on any atom is -0.354 e. The van der Waals surface area contributed by atoms with Gasteiger partial charge in [-0.2, -0.15) is 0 Å². The molecule has 11 aromatic rings. The van der Waals surface area contributed by atoms with Crippen molar-refractivity contribution in [2.75, 3.05) is 0 Å². The summed E-state index contributed by atoms with van der Waals surface area (Å²) in [4.78, 5) is 3.67. The normalized spacial score (nSPS) is 12.1. The third kappa shape index (κ3) is 3.84. The van der Waals surface area contributed by atoms with Crippen LogP contribution in [-0.4, -0.2) is 14.1 Å². The summed E-state index contributed by atoms with van der Waals surface area (Å²) in [7, 11) is 0. The van der Waals surface area contributed by atoms with Crippen molar-refractivity contribution in [2.45, 2.75) is 0 Å². The van der Waals surface area contributed by atoms with Crippen LogP contribution in [0.25, 0.3) is 98.7 Å². The summed E-state index contributed by atoms with van der Waals surface area (Å²) in [5.74, 6) is 0. The van der Waals surface area contributed by atoms with Gasteiger partial charge in [-0.1, -0.05) is 97.1 Å². The van der Waals surface area contributed by atoms with Crippen molar-refractivity contribution in [3.63, 3.8) is 0 Å². The lowest BCUT2D eigenvalue weighted by atomic mass is 10.00. The standard InChI is InChI=1S/C46H29N3/c1-2-12-33(13-3-1)48-45-23-20-32(26-39(45)40-27-37-35-14-6-8-16-41(35)47-42(37)28-46(40)48)31-19-22-44-38(25-31)36-15-7-9-17-43(36)49(44)34-21-18-29-10-4-5-11-30(29)24-34/h1-28,47H. The van der Waals surface area contributed by atoms with Gasteiger partial charge in [0.05, 0.1) is 22.1 Å². The van der Waals surface area contributed by atoms with E-state index in [0.717, 1.165) is 16.7 Å². The highest BCUT2D eigenvalue weighted by molar-refractivity contribution is 6.19. The molecule has 3 nitrogen and oxygen atoms in total. The van der Waals surface area contributed by atoms with Gasteiger partial charge in [-0.05, 0) is 94.7 Å². The van der Waals surface area contributed by atoms with Crippen LogP contribution in [0.5, 0.6) is 0 Å². The van der Waals surface area contributed by atoms with Gasteiger partial charge in [0.15, 0.2) is 0 Å². The first kappa shape index (κ1) is 26.5. The van der Waals surface area contributed by atoms with Crippen LogP contribution in [0.4, 0.5) is 0 Å². The summed E-state index contributed by atoms with van der Waals surface area (Å²) in [5, 5.41) is 10.0. The maximum absolute atomic E-state index is 3.67. The molecule has 8 aromatic carbocycles. The number of hydrogen-bond donors (Lipinski definition) is 1. The molecule has 0 spiro atoms. The van der Waals surface area contributed by atoms with E-state index in [1.165, 1.54) is 82.0 Å². The van der Waals surface area contributed by atoms with Crippen LogP contribution in [0, 0.1) is 0 Å². The maximum Gasteiger partial charge on any atom is 0.0562 e. The fraction of sp³-hybridized carbons (Fsp3) is 0. The summed E-state index contributed by atoms with van der Waals surface area (Å²) >= 11 is 0. The molecule has 3 heterocycles. The van der Waals surface area contributed by atoms with E-state index in [9.17, 15) is 0 Å². The van der Waals surface area contributed by atoms with E-state index in [1.54, 1.807) is 0 Å². The van der Waals surface area contributed by atoms with E-state index in [4.69, 9.17) is 0 Å². The Kier molecular flexibility index (Phi) is 5.38. The van der Waals surface area contributed by atoms with E-state index < -0.39 is 0 Å². The Labute approximate surface area is 281 Å². The van der Waals surface area contributed by atoms with E-state index >= 15 is 0 Å². The number of rotatable bonds is 3. The molecule has 0 unspecified atom stereocenters. The molecule has 3 aromatic heterocycles. The van der Waals surface area contributed by atoms with Crippen molar-refractivity contribution in [3.05, 3.63) is 170 Å². The van der Waals surface area contributed by atoms with E-state index in [2.05, 4.69) is 184 Å². The lowest BCUT2D eigenvalue weighted by Crippen LogP contribution is -1.94. The Morgan fingerprint density at radius 2 is 0.918 bits per heavy atom. The second kappa shape index (κ2) is 9.96. The Hall–Kier alpha value is -6.58.